The Morgan fingerprint density at radius 3 is 2.53 bits per heavy atom. The van der Waals surface area contributed by atoms with Gasteiger partial charge in [-0.25, -0.2) is 0 Å². The zero-order valence-electron chi connectivity index (χ0n) is 11.1. The third-order valence-corrected chi connectivity index (χ3v) is 4.09. The summed E-state index contributed by atoms with van der Waals surface area (Å²) in [5, 5.41) is 14.4. The number of allylic oxidation sites excluding steroid dienone is 8. The van der Waals surface area contributed by atoms with Crippen molar-refractivity contribution in [2.75, 3.05) is 7.05 Å². The molecule has 0 amide bonds. The summed E-state index contributed by atoms with van der Waals surface area (Å²) in [5.74, 6) is 0. The molecule has 0 aromatic rings. The number of aliphatic hydroxyl groups is 1. The number of hydrogen-bond donors (Lipinski definition) is 2. The van der Waals surface area contributed by atoms with E-state index in [0.29, 0.717) is 0 Å². The highest BCUT2D eigenvalue weighted by atomic mass is 16.3. The quantitative estimate of drug-likeness (QED) is 0.810. The minimum atomic E-state index is -0.925. The summed E-state index contributed by atoms with van der Waals surface area (Å²) >= 11 is 0. The predicted molar refractivity (Wildman–Crippen MR) is 78.7 cm³/mol. The maximum Gasteiger partial charge on any atom is 0.124 e. The van der Waals surface area contributed by atoms with Gasteiger partial charge in [-0.3, -0.25) is 0 Å². The first-order valence-corrected chi connectivity index (χ1v) is 6.77. The summed E-state index contributed by atoms with van der Waals surface area (Å²) in [4.78, 5) is 0. The highest BCUT2D eigenvalue weighted by Gasteiger charge is 2.41. The average molecular weight is 253 g/mol. The van der Waals surface area contributed by atoms with Crippen LogP contribution in [0.3, 0.4) is 0 Å². The fourth-order valence-corrected chi connectivity index (χ4v) is 3.09. The molecule has 2 atom stereocenters. The van der Waals surface area contributed by atoms with Crippen LogP contribution in [0.2, 0.25) is 0 Å². The molecule has 0 radical (unpaired) electrons. The molecular formula is C17H19NO. The molecule has 0 aliphatic heterocycles. The number of nitrogens with one attached hydrogen (secondary N) is 1. The fourth-order valence-electron chi connectivity index (χ4n) is 3.09. The third kappa shape index (κ3) is 1.97. The standard InChI is InChI=1S/C17H19NO/c1-18-16-15(13-7-2-3-8-13)11-6-12-17(16,19)14-9-4-5-10-14/h2-7,9,11-12,16,18-19H,8,10H2,1H3. The smallest absolute Gasteiger partial charge is 0.124 e. The zero-order valence-corrected chi connectivity index (χ0v) is 11.1. The van der Waals surface area contributed by atoms with Crippen molar-refractivity contribution in [3.8, 4) is 0 Å². The van der Waals surface area contributed by atoms with Crippen molar-refractivity contribution in [3.63, 3.8) is 0 Å². The minimum Gasteiger partial charge on any atom is -0.379 e. The molecule has 2 unspecified atom stereocenters. The molecule has 3 rings (SSSR count). The van der Waals surface area contributed by atoms with Gasteiger partial charge in [-0.2, -0.15) is 0 Å². The van der Waals surface area contributed by atoms with Crippen LogP contribution in [0.5, 0.6) is 0 Å². The van der Waals surface area contributed by atoms with Crippen molar-refractivity contribution < 1.29 is 5.11 Å². The van der Waals surface area contributed by atoms with Crippen LogP contribution < -0.4 is 5.32 Å². The first kappa shape index (κ1) is 12.4. The van der Waals surface area contributed by atoms with Crippen molar-refractivity contribution in [1.29, 1.82) is 0 Å². The van der Waals surface area contributed by atoms with Gasteiger partial charge in [0.15, 0.2) is 0 Å². The van der Waals surface area contributed by atoms with Gasteiger partial charge in [0.1, 0.15) is 5.60 Å². The number of hydrogen-bond acceptors (Lipinski definition) is 2. The largest absolute Gasteiger partial charge is 0.379 e. The van der Waals surface area contributed by atoms with Gasteiger partial charge in [0.25, 0.3) is 0 Å². The summed E-state index contributed by atoms with van der Waals surface area (Å²) in [6.07, 6.45) is 20.3. The molecule has 2 N–H and O–H groups in total. The van der Waals surface area contributed by atoms with E-state index in [1.807, 2.05) is 31.4 Å². The fraction of sp³-hybridized carbons (Fsp3) is 0.294. The molecule has 3 aliphatic rings. The highest BCUT2D eigenvalue weighted by Crippen LogP contribution is 2.38. The van der Waals surface area contributed by atoms with Crippen LogP contribution in [0.25, 0.3) is 0 Å². The van der Waals surface area contributed by atoms with E-state index in [2.05, 4.69) is 35.7 Å². The molecule has 0 aromatic carbocycles. The van der Waals surface area contributed by atoms with Crippen molar-refractivity contribution in [2.45, 2.75) is 24.5 Å². The summed E-state index contributed by atoms with van der Waals surface area (Å²) in [6, 6.07) is -0.0881. The lowest BCUT2D eigenvalue weighted by Crippen LogP contribution is -2.52. The first-order chi connectivity index (χ1) is 9.25. The summed E-state index contributed by atoms with van der Waals surface area (Å²) in [7, 11) is 1.91. The molecule has 2 nitrogen and oxygen atoms in total. The van der Waals surface area contributed by atoms with Gasteiger partial charge in [-0.1, -0.05) is 48.6 Å². The van der Waals surface area contributed by atoms with E-state index in [9.17, 15) is 5.11 Å². The zero-order chi connectivity index (χ0) is 13.3. The second-order valence-electron chi connectivity index (χ2n) is 5.18. The van der Waals surface area contributed by atoms with Crippen molar-refractivity contribution in [3.05, 3.63) is 71.4 Å². The van der Waals surface area contributed by atoms with Gasteiger partial charge < -0.3 is 10.4 Å². The van der Waals surface area contributed by atoms with Crippen LogP contribution in [-0.2, 0) is 0 Å². The lowest BCUT2D eigenvalue weighted by atomic mass is 9.76. The molecule has 0 aromatic heterocycles. The Balaban J connectivity index is 1.96. The maximum absolute atomic E-state index is 11.1. The molecule has 0 saturated carbocycles. The molecule has 19 heavy (non-hydrogen) atoms. The Labute approximate surface area is 114 Å². The minimum absolute atomic E-state index is 0.0881. The monoisotopic (exact) mass is 253 g/mol. The highest BCUT2D eigenvalue weighted by molar-refractivity contribution is 5.53. The molecule has 98 valence electrons. The topological polar surface area (TPSA) is 32.3 Å². The van der Waals surface area contributed by atoms with Gasteiger partial charge in [0, 0.05) is 0 Å². The van der Waals surface area contributed by atoms with Gasteiger partial charge >= 0.3 is 0 Å². The molecule has 3 aliphatic carbocycles. The van der Waals surface area contributed by atoms with Gasteiger partial charge in [0.2, 0.25) is 0 Å². The summed E-state index contributed by atoms with van der Waals surface area (Å²) < 4.78 is 0. The van der Waals surface area contributed by atoms with Crippen LogP contribution in [0.15, 0.2) is 71.4 Å². The Morgan fingerprint density at radius 2 is 1.89 bits per heavy atom. The third-order valence-electron chi connectivity index (χ3n) is 4.09. The van der Waals surface area contributed by atoms with E-state index in [1.54, 1.807) is 0 Å². The molecule has 0 bridgehead atoms. The van der Waals surface area contributed by atoms with Crippen LogP contribution >= 0.6 is 0 Å². The molecule has 2 heteroatoms. The normalized spacial score (nSPS) is 32.5. The molecule has 0 spiro atoms. The maximum atomic E-state index is 11.1. The van der Waals surface area contributed by atoms with Crippen LogP contribution in [-0.4, -0.2) is 23.8 Å². The second kappa shape index (κ2) is 4.80. The lowest BCUT2D eigenvalue weighted by Gasteiger charge is -2.39. The Kier molecular flexibility index (Phi) is 3.13. The average Bonchev–Trinajstić information content (AvgIpc) is 3.11. The number of likely N-dealkylation sites (N-methyl/N-ethyl adjacent to an activating group) is 1. The second-order valence-corrected chi connectivity index (χ2v) is 5.18. The van der Waals surface area contributed by atoms with Crippen molar-refractivity contribution >= 4 is 0 Å². The van der Waals surface area contributed by atoms with Gasteiger partial charge in [0.05, 0.1) is 6.04 Å². The molecule has 0 heterocycles. The molecular weight excluding hydrogens is 234 g/mol. The van der Waals surface area contributed by atoms with Crippen LogP contribution in [0.1, 0.15) is 12.8 Å². The van der Waals surface area contributed by atoms with Crippen LogP contribution in [0, 0.1) is 0 Å². The van der Waals surface area contributed by atoms with E-state index in [-0.39, 0.29) is 6.04 Å². The summed E-state index contributed by atoms with van der Waals surface area (Å²) in [6.45, 7) is 0. The van der Waals surface area contributed by atoms with Gasteiger partial charge in [-0.05, 0) is 42.7 Å². The van der Waals surface area contributed by atoms with Crippen molar-refractivity contribution in [1.82, 2.24) is 5.32 Å². The Bertz CT molecular complexity index is 560. The van der Waals surface area contributed by atoms with Crippen molar-refractivity contribution in [2.24, 2.45) is 0 Å². The first-order valence-electron chi connectivity index (χ1n) is 6.77. The summed E-state index contributed by atoms with van der Waals surface area (Å²) in [5.41, 5.74) is 2.60. The predicted octanol–water partition coefficient (Wildman–Crippen LogP) is 2.57. The number of rotatable bonds is 3. The Morgan fingerprint density at radius 1 is 1.11 bits per heavy atom. The molecule has 0 saturated heterocycles. The van der Waals surface area contributed by atoms with E-state index in [4.69, 9.17) is 0 Å². The lowest BCUT2D eigenvalue weighted by molar-refractivity contribution is 0.0977. The van der Waals surface area contributed by atoms with E-state index >= 15 is 0 Å². The van der Waals surface area contributed by atoms with E-state index < -0.39 is 5.60 Å². The van der Waals surface area contributed by atoms with Crippen LogP contribution in [0.4, 0.5) is 0 Å². The molecule has 0 fully saturated rings. The van der Waals surface area contributed by atoms with Gasteiger partial charge in [-0.15, -0.1) is 0 Å². The van der Waals surface area contributed by atoms with E-state index in [1.165, 1.54) is 11.1 Å². The Hall–Kier alpha value is -1.64. The van der Waals surface area contributed by atoms with E-state index in [0.717, 1.165) is 18.4 Å². The SMILES string of the molecule is CNC1C(C2=CC=CC2)=CC=CC1(O)C1=CC=CC1.